The molecule has 90 valence electrons. The van der Waals surface area contributed by atoms with Crippen LogP contribution in [-0.2, 0) is 5.88 Å². The van der Waals surface area contributed by atoms with Gasteiger partial charge in [0, 0.05) is 18.7 Å². The highest BCUT2D eigenvalue weighted by Crippen LogP contribution is 2.24. The highest BCUT2D eigenvalue weighted by molar-refractivity contribution is 6.18. The summed E-state index contributed by atoms with van der Waals surface area (Å²) in [4.78, 5) is 14.0. The Labute approximate surface area is 101 Å². The fourth-order valence-electron chi connectivity index (χ4n) is 1.84. The van der Waals surface area contributed by atoms with Crippen LogP contribution in [0.2, 0.25) is 0 Å². The summed E-state index contributed by atoms with van der Waals surface area (Å²) < 4.78 is 5.46. The maximum atomic E-state index is 12.2. The number of hydrogen-bond donors (Lipinski definition) is 0. The Bertz CT molecular complexity index is 381. The molecule has 4 heteroatoms. The molecule has 0 saturated carbocycles. The minimum atomic E-state index is 0.00926. The zero-order chi connectivity index (χ0) is 12.3. The first-order chi connectivity index (χ1) is 7.56. The largest absolute Gasteiger partial charge is 0.465 e. The molecular formula is C12H18ClNO2. The molecule has 0 fully saturated rings. The van der Waals surface area contributed by atoms with E-state index in [4.69, 9.17) is 16.0 Å². The van der Waals surface area contributed by atoms with Gasteiger partial charge in [0.1, 0.15) is 11.5 Å². The maximum absolute atomic E-state index is 12.2. The first kappa shape index (κ1) is 13.1. The summed E-state index contributed by atoms with van der Waals surface area (Å²) in [5, 5.41) is 0. The first-order valence-electron chi connectivity index (χ1n) is 5.50. The van der Waals surface area contributed by atoms with E-state index in [-0.39, 0.29) is 5.91 Å². The Morgan fingerprint density at radius 1 is 1.25 bits per heavy atom. The van der Waals surface area contributed by atoms with Gasteiger partial charge in [-0.3, -0.25) is 4.79 Å². The summed E-state index contributed by atoms with van der Waals surface area (Å²) in [5.41, 5.74) is 1.45. The lowest BCUT2D eigenvalue weighted by atomic mass is 10.1. The van der Waals surface area contributed by atoms with Gasteiger partial charge in [-0.2, -0.15) is 0 Å². The highest BCUT2D eigenvalue weighted by Gasteiger charge is 2.23. The molecule has 0 radical (unpaired) electrons. The fourth-order valence-corrected chi connectivity index (χ4v) is 2.16. The minimum absolute atomic E-state index is 0.00926. The van der Waals surface area contributed by atoms with Gasteiger partial charge >= 0.3 is 0 Å². The molecule has 0 bridgehead atoms. The number of nitrogens with zero attached hydrogens (tertiary/aromatic N) is 1. The topological polar surface area (TPSA) is 33.5 Å². The first-order valence-corrected chi connectivity index (χ1v) is 6.04. The summed E-state index contributed by atoms with van der Waals surface area (Å²) in [6.07, 6.45) is 0. The number of amides is 1. The lowest BCUT2D eigenvalue weighted by molar-refractivity contribution is 0.0770. The van der Waals surface area contributed by atoms with E-state index < -0.39 is 0 Å². The van der Waals surface area contributed by atoms with E-state index in [0.29, 0.717) is 30.3 Å². The van der Waals surface area contributed by atoms with Crippen molar-refractivity contribution in [3.63, 3.8) is 0 Å². The van der Waals surface area contributed by atoms with Crippen LogP contribution in [0.25, 0.3) is 0 Å². The molecule has 1 amide bonds. The normalized spacial score (nSPS) is 10.6. The van der Waals surface area contributed by atoms with E-state index >= 15 is 0 Å². The van der Waals surface area contributed by atoms with Crippen LogP contribution in [0.4, 0.5) is 0 Å². The third-order valence-electron chi connectivity index (χ3n) is 2.78. The predicted molar refractivity (Wildman–Crippen MR) is 65.0 cm³/mol. The number of carbonyl (C=O) groups excluding carboxylic acids is 1. The van der Waals surface area contributed by atoms with Crippen LogP contribution in [0.5, 0.6) is 0 Å². The number of aryl methyl sites for hydroxylation is 2. The molecule has 3 nitrogen and oxygen atoms in total. The van der Waals surface area contributed by atoms with Gasteiger partial charge in [0.2, 0.25) is 0 Å². The van der Waals surface area contributed by atoms with Gasteiger partial charge in [-0.1, -0.05) is 0 Å². The molecular weight excluding hydrogens is 226 g/mol. The molecule has 0 unspecified atom stereocenters. The summed E-state index contributed by atoms with van der Waals surface area (Å²) in [6, 6.07) is 0. The molecule has 0 aliphatic heterocycles. The molecule has 1 aromatic rings. The van der Waals surface area contributed by atoms with Crippen LogP contribution in [0.15, 0.2) is 4.42 Å². The Hall–Kier alpha value is -0.960. The van der Waals surface area contributed by atoms with Crippen LogP contribution in [0, 0.1) is 13.8 Å². The quantitative estimate of drug-likeness (QED) is 0.762. The van der Waals surface area contributed by atoms with E-state index in [9.17, 15) is 4.79 Å². The van der Waals surface area contributed by atoms with Gasteiger partial charge in [0.25, 0.3) is 5.91 Å². The van der Waals surface area contributed by atoms with Crippen LogP contribution in [-0.4, -0.2) is 23.9 Å². The van der Waals surface area contributed by atoms with Crippen LogP contribution >= 0.6 is 11.6 Å². The second kappa shape index (κ2) is 5.39. The Morgan fingerprint density at radius 2 is 1.81 bits per heavy atom. The minimum Gasteiger partial charge on any atom is -0.465 e. The number of alkyl halides is 1. The number of rotatable bonds is 4. The lowest BCUT2D eigenvalue weighted by Crippen LogP contribution is -2.31. The van der Waals surface area contributed by atoms with Gasteiger partial charge in [-0.25, -0.2) is 0 Å². The van der Waals surface area contributed by atoms with Crippen molar-refractivity contribution in [1.29, 1.82) is 0 Å². The van der Waals surface area contributed by atoms with E-state index in [1.807, 2.05) is 20.8 Å². The van der Waals surface area contributed by atoms with Crippen LogP contribution in [0.3, 0.4) is 0 Å². The van der Waals surface area contributed by atoms with Crippen LogP contribution < -0.4 is 0 Å². The van der Waals surface area contributed by atoms with E-state index in [0.717, 1.165) is 11.3 Å². The highest BCUT2D eigenvalue weighted by atomic mass is 35.5. The second-order valence-electron chi connectivity index (χ2n) is 3.68. The Kier molecular flexibility index (Phi) is 4.42. The molecule has 0 spiro atoms. The molecule has 16 heavy (non-hydrogen) atoms. The number of halogens is 1. The third-order valence-corrected chi connectivity index (χ3v) is 3.05. The van der Waals surface area contributed by atoms with Crippen molar-refractivity contribution in [2.24, 2.45) is 0 Å². The SMILES string of the molecule is CCN(CC)C(=O)c1c(C)oc(C)c1CCl. The third kappa shape index (κ3) is 2.24. The van der Waals surface area contributed by atoms with Crippen molar-refractivity contribution in [2.75, 3.05) is 13.1 Å². The van der Waals surface area contributed by atoms with Gasteiger partial charge in [-0.05, 0) is 27.7 Å². The maximum Gasteiger partial charge on any atom is 0.257 e. The zero-order valence-corrected chi connectivity index (χ0v) is 11.0. The molecule has 0 aliphatic rings. The average molecular weight is 244 g/mol. The molecule has 0 aromatic carbocycles. The monoisotopic (exact) mass is 243 g/mol. The molecule has 0 atom stereocenters. The van der Waals surface area contributed by atoms with Gasteiger partial charge in [0.05, 0.1) is 11.4 Å². The predicted octanol–water partition coefficient (Wildman–Crippen LogP) is 3.12. The van der Waals surface area contributed by atoms with E-state index in [1.54, 1.807) is 11.8 Å². The zero-order valence-electron chi connectivity index (χ0n) is 10.3. The summed E-state index contributed by atoms with van der Waals surface area (Å²) >= 11 is 5.86. The molecule has 1 heterocycles. The number of carbonyl (C=O) groups is 1. The van der Waals surface area contributed by atoms with Gasteiger partial charge in [-0.15, -0.1) is 11.6 Å². The second-order valence-corrected chi connectivity index (χ2v) is 3.95. The summed E-state index contributed by atoms with van der Waals surface area (Å²) in [5.74, 6) is 1.72. The summed E-state index contributed by atoms with van der Waals surface area (Å²) in [7, 11) is 0. The summed E-state index contributed by atoms with van der Waals surface area (Å²) in [6.45, 7) is 8.96. The fraction of sp³-hybridized carbons (Fsp3) is 0.583. The van der Waals surface area contributed by atoms with Crippen molar-refractivity contribution in [3.8, 4) is 0 Å². The van der Waals surface area contributed by atoms with E-state index in [1.165, 1.54) is 0 Å². The van der Waals surface area contributed by atoms with Gasteiger partial charge in [0.15, 0.2) is 0 Å². The Morgan fingerprint density at radius 3 is 2.25 bits per heavy atom. The number of furan rings is 1. The van der Waals surface area contributed by atoms with Crippen molar-refractivity contribution in [3.05, 3.63) is 22.6 Å². The Balaban J connectivity index is 3.16. The smallest absolute Gasteiger partial charge is 0.257 e. The van der Waals surface area contributed by atoms with Crippen molar-refractivity contribution in [1.82, 2.24) is 4.90 Å². The van der Waals surface area contributed by atoms with Gasteiger partial charge < -0.3 is 9.32 Å². The lowest BCUT2D eigenvalue weighted by Gasteiger charge is -2.18. The standard InChI is InChI=1S/C12H18ClNO2/c1-5-14(6-2)12(15)11-9(4)16-8(3)10(11)7-13/h5-7H2,1-4H3. The number of hydrogen-bond acceptors (Lipinski definition) is 2. The average Bonchev–Trinajstić information content (AvgIpc) is 2.54. The van der Waals surface area contributed by atoms with E-state index in [2.05, 4.69) is 0 Å². The van der Waals surface area contributed by atoms with Crippen molar-refractivity contribution < 1.29 is 9.21 Å². The van der Waals surface area contributed by atoms with Crippen LogP contribution in [0.1, 0.15) is 41.3 Å². The van der Waals surface area contributed by atoms with Crippen molar-refractivity contribution >= 4 is 17.5 Å². The molecule has 1 rings (SSSR count). The van der Waals surface area contributed by atoms with Crippen molar-refractivity contribution in [2.45, 2.75) is 33.6 Å². The molecule has 0 aliphatic carbocycles. The molecule has 1 aromatic heterocycles. The molecule has 0 saturated heterocycles. The molecule has 0 N–H and O–H groups in total.